The maximum Gasteiger partial charge on any atom is 0.190 e. The quantitative estimate of drug-likeness (QED) is 0.776. The number of hydrogen-bond donors (Lipinski definition) is 2. The molecular weight excluding hydrogens is 304 g/mol. The second kappa shape index (κ2) is 5.37. The van der Waals surface area contributed by atoms with Gasteiger partial charge in [-0.2, -0.15) is 0 Å². The first kappa shape index (κ1) is 17.6. The van der Waals surface area contributed by atoms with Gasteiger partial charge >= 0.3 is 0 Å². The highest BCUT2D eigenvalue weighted by Gasteiger charge is 2.70. The molecule has 1 saturated carbocycles. The predicted octanol–water partition coefficient (Wildman–Crippen LogP) is 2.59. The SMILES string of the molecule is CCC1=C[C@@H]2[C@@H]([C@@H]3C=C[C@@]2(CC)C(=O)[C@@]3(O)CC)[C@](O)(CC)C1=O. The number of hydrogen-bond acceptors (Lipinski definition) is 4. The number of ketones is 2. The fourth-order valence-corrected chi connectivity index (χ4v) is 5.44. The molecule has 4 rings (SSSR count). The standard InChI is InChI=1S/C20H28O4/c1-5-12-11-14-15(20(24,8-4)16(12)21)13-9-10-18(14,6-2)17(22)19(13,23)7-3/h9-11,13-15,23-24H,5-8H2,1-4H3/t13-,14+,15+,18+,19+,20+/m0/s1. The van der Waals surface area contributed by atoms with Crippen LogP contribution >= 0.6 is 0 Å². The highest BCUT2D eigenvalue weighted by molar-refractivity contribution is 6.05. The van der Waals surface area contributed by atoms with E-state index >= 15 is 0 Å². The fourth-order valence-electron chi connectivity index (χ4n) is 5.44. The summed E-state index contributed by atoms with van der Waals surface area (Å²) in [7, 11) is 0. The van der Waals surface area contributed by atoms with E-state index < -0.39 is 28.5 Å². The average Bonchev–Trinajstić information content (AvgIpc) is 2.61. The molecule has 6 atom stereocenters. The van der Waals surface area contributed by atoms with E-state index in [0.29, 0.717) is 31.3 Å². The van der Waals surface area contributed by atoms with Crippen LogP contribution in [0.3, 0.4) is 0 Å². The van der Waals surface area contributed by atoms with Crippen molar-refractivity contribution in [3.63, 3.8) is 0 Å². The van der Waals surface area contributed by atoms with Crippen LogP contribution in [0, 0.1) is 23.2 Å². The van der Waals surface area contributed by atoms with Gasteiger partial charge in [0.2, 0.25) is 0 Å². The van der Waals surface area contributed by atoms with Gasteiger partial charge in [-0.05, 0) is 31.3 Å². The van der Waals surface area contributed by atoms with Crippen LogP contribution in [0.1, 0.15) is 53.4 Å². The molecule has 4 aliphatic rings. The molecule has 132 valence electrons. The van der Waals surface area contributed by atoms with Gasteiger partial charge < -0.3 is 10.2 Å². The Morgan fingerprint density at radius 3 is 2.08 bits per heavy atom. The van der Waals surface area contributed by atoms with E-state index in [4.69, 9.17) is 0 Å². The third-order valence-corrected chi connectivity index (χ3v) is 7.00. The maximum absolute atomic E-state index is 13.2. The average molecular weight is 332 g/mol. The van der Waals surface area contributed by atoms with Crippen molar-refractivity contribution in [2.24, 2.45) is 23.2 Å². The Bertz CT molecular complexity index is 648. The summed E-state index contributed by atoms with van der Waals surface area (Å²) in [6, 6.07) is 0. The van der Waals surface area contributed by atoms with Crippen molar-refractivity contribution < 1.29 is 19.8 Å². The molecule has 0 amide bonds. The van der Waals surface area contributed by atoms with Gasteiger partial charge in [0.15, 0.2) is 11.6 Å². The lowest BCUT2D eigenvalue weighted by atomic mass is 9.42. The maximum atomic E-state index is 13.2. The number of carbonyl (C=O) groups excluding carboxylic acids is 2. The van der Waals surface area contributed by atoms with Crippen molar-refractivity contribution in [1.29, 1.82) is 0 Å². The molecule has 24 heavy (non-hydrogen) atoms. The van der Waals surface area contributed by atoms with Gasteiger partial charge in [-0.15, -0.1) is 0 Å². The lowest BCUT2D eigenvalue weighted by Crippen LogP contribution is -2.71. The number of aliphatic hydroxyl groups is 2. The van der Waals surface area contributed by atoms with Crippen LogP contribution in [0.5, 0.6) is 0 Å². The molecule has 1 fully saturated rings. The highest BCUT2D eigenvalue weighted by atomic mass is 16.3. The largest absolute Gasteiger partial charge is 0.381 e. The van der Waals surface area contributed by atoms with E-state index in [0.717, 1.165) is 0 Å². The fraction of sp³-hybridized carbons (Fsp3) is 0.700. The van der Waals surface area contributed by atoms with Gasteiger partial charge in [0.05, 0.1) is 5.41 Å². The summed E-state index contributed by atoms with van der Waals surface area (Å²) in [5.74, 6) is -1.57. The number of Topliss-reactive ketones (excluding diaryl/α,β-unsaturated/α-hetero) is 2. The first-order chi connectivity index (χ1) is 11.3. The minimum atomic E-state index is -1.51. The summed E-state index contributed by atoms with van der Waals surface area (Å²) in [5, 5.41) is 22.5. The minimum absolute atomic E-state index is 0.145. The molecule has 4 heteroatoms. The van der Waals surface area contributed by atoms with Crippen molar-refractivity contribution >= 4 is 11.6 Å². The Kier molecular flexibility index (Phi) is 3.93. The van der Waals surface area contributed by atoms with Crippen molar-refractivity contribution in [2.75, 3.05) is 0 Å². The van der Waals surface area contributed by atoms with Crippen molar-refractivity contribution in [3.05, 3.63) is 23.8 Å². The summed E-state index contributed by atoms with van der Waals surface area (Å²) in [6.07, 6.45) is 7.43. The summed E-state index contributed by atoms with van der Waals surface area (Å²) in [5.41, 5.74) is -3.21. The number of allylic oxidation sites excluding steroid dienone is 2. The molecule has 2 N–H and O–H groups in total. The second-order valence-corrected chi connectivity index (χ2v) is 7.59. The Hall–Kier alpha value is -1.26. The molecule has 4 nitrogen and oxygen atoms in total. The van der Waals surface area contributed by atoms with Crippen molar-refractivity contribution in [2.45, 2.75) is 64.6 Å². The number of carbonyl (C=O) groups is 2. The van der Waals surface area contributed by atoms with E-state index in [1.54, 1.807) is 6.92 Å². The first-order valence-electron chi connectivity index (χ1n) is 9.21. The predicted molar refractivity (Wildman–Crippen MR) is 91.2 cm³/mol. The van der Waals surface area contributed by atoms with Crippen LogP contribution in [0.25, 0.3) is 0 Å². The van der Waals surface area contributed by atoms with Gasteiger partial charge in [0.1, 0.15) is 11.2 Å². The number of fused-ring (bicyclic) bond motifs is 1. The molecule has 4 aliphatic carbocycles. The minimum Gasteiger partial charge on any atom is -0.381 e. The molecule has 0 aliphatic heterocycles. The monoisotopic (exact) mass is 332 g/mol. The Morgan fingerprint density at radius 2 is 1.58 bits per heavy atom. The molecule has 0 aromatic carbocycles. The summed E-state index contributed by atoms with van der Waals surface area (Å²) < 4.78 is 0. The van der Waals surface area contributed by atoms with Crippen LogP contribution < -0.4 is 0 Å². The molecule has 0 aromatic rings. The first-order valence-corrected chi connectivity index (χ1v) is 9.21. The van der Waals surface area contributed by atoms with E-state index in [1.807, 2.05) is 39.0 Å². The molecule has 0 unspecified atom stereocenters. The zero-order valence-corrected chi connectivity index (χ0v) is 15.0. The molecule has 0 saturated heterocycles. The van der Waals surface area contributed by atoms with E-state index in [9.17, 15) is 19.8 Å². The zero-order chi connectivity index (χ0) is 17.9. The van der Waals surface area contributed by atoms with Crippen LogP contribution in [0.4, 0.5) is 0 Å². The zero-order valence-electron chi connectivity index (χ0n) is 15.0. The highest BCUT2D eigenvalue weighted by Crippen LogP contribution is 2.62. The molecule has 2 bridgehead atoms. The normalized spacial score (nSPS) is 46.9. The Labute approximate surface area is 143 Å². The molecule has 0 spiro atoms. The summed E-state index contributed by atoms with van der Waals surface area (Å²) in [4.78, 5) is 26.1. The van der Waals surface area contributed by atoms with Gasteiger partial charge in [0.25, 0.3) is 0 Å². The Morgan fingerprint density at radius 1 is 0.958 bits per heavy atom. The molecular formula is C20H28O4. The Balaban J connectivity index is 2.29. The molecule has 0 radical (unpaired) electrons. The molecule has 0 heterocycles. The van der Waals surface area contributed by atoms with E-state index in [1.165, 1.54) is 0 Å². The summed E-state index contributed by atoms with van der Waals surface area (Å²) in [6.45, 7) is 7.46. The van der Waals surface area contributed by atoms with Crippen molar-refractivity contribution in [1.82, 2.24) is 0 Å². The second-order valence-electron chi connectivity index (χ2n) is 7.59. The van der Waals surface area contributed by atoms with Crippen LogP contribution in [-0.4, -0.2) is 33.0 Å². The van der Waals surface area contributed by atoms with Crippen LogP contribution in [0.2, 0.25) is 0 Å². The van der Waals surface area contributed by atoms with Gasteiger partial charge in [-0.1, -0.05) is 45.9 Å². The third kappa shape index (κ3) is 1.76. The van der Waals surface area contributed by atoms with Gasteiger partial charge in [-0.3, -0.25) is 9.59 Å². The topological polar surface area (TPSA) is 74.6 Å². The van der Waals surface area contributed by atoms with E-state index in [2.05, 4.69) is 0 Å². The van der Waals surface area contributed by atoms with Crippen molar-refractivity contribution in [3.8, 4) is 0 Å². The van der Waals surface area contributed by atoms with Crippen LogP contribution in [-0.2, 0) is 9.59 Å². The van der Waals surface area contributed by atoms with Gasteiger partial charge in [0, 0.05) is 17.8 Å². The van der Waals surface area contributed by atoms with E-state index in [-0.39, 0.29) is 17.5 Å². The lowest BCUT2D eigenvalue weighted by Gasteiger charge is -2.62. The lowest BCUT2D eigenvalue weighted by molar-refractivity contribution is -0.193. The molecule has 0 aromatic heterocycles. The smallest absolute Gasteiger partial charge is 0.190 e. The number of rotatable bonds is 4. The third-order valence-electron chi connectivity index (χ3n) is 7.00. The summed E-state index contributed by atoms with van der Waals surface area (Å²) >= 11 is 0. The van der Waals surface area contributed by atoms with Crippen LogP contribution in [0.15, 0.2) is 23.8 Å². The van der Waals surface area contributed by atoms with Gasteiger partial charge in [-0.25, -0.2) is 0 Å².